The van der Waals surface area contributed by atoms with E-state index >= 15 is 0 Å². The molecule has 0 aromatic heterocycles. The molecule has 4 nitrogen and oxygen atoms in total. The molecule has 0 atom stereocenters. The van der Waals surface area contributed by atoms with E-state index in [2.05, 4.69) is 13.8 Å². The predicted octanol–water partition coefficient (Wildman–Crippen LogP) is 2.27. The first-order chi connectivity index (χ1) is 8.76. The molecule has 5 heteroatoms. The van der Waals surface area contributed by atoms with Gasteiger partial charge in [-0.2, -0.15) is 8.42 Å². The summed E-state index contributed by atoms with van der Waals surface area (Å²) in [4.78, 5) is 11.6. The van der Waals surface area contributed by atoms with E-state index in [1.165, 1.54) is 5.56 Å². The number of Topliss-reactive ketones (excluding diaryl/α,β-unsaturated/α-hetero) is 1. The zero-order valence-corrected chi connectivity index (χ0v) is 12.1. The summed E-state index contributed by atoms with van der Waals surface area (Å²) in [5.74, 6) is -0.137. The van der Waals surface area contributed by atoms with Crippen molar-refractivity contribution < 1.29 is 17.8 Å². The number of rotatable bonds is 7. The van der Waals surface area contributed by atoms with E-state index in [0.717, 1.165) is 12.0 Å². The Hall–Kier alpha value is -1.20. The number of carbonyl (C=O) groups excluding carboxylic acids is 1. The third-order valence-electron chi connectivity index (χ3n) is 2.68. The smallest absolute Gasteiger partial charge is 0.265 e. The second-order valence-electron chi connectivity index (χ2n) is 5.17. The van der Waals surface area contributed by atoms with Crippen LogP contribution in [-0.4, -0.2) is 24.5 Å². The maximum atomic E-state index is 11.6. The molecule has 0 aliphatic heterocycles. The van der Waals surface area contributed by atoms with Crippen LogP contribution in [0.5, 0.6) is 0 Å². The summed E-state index contributed by atoms with van der Waals surface area (Å²) in [6.45, 7) is 4.26. The van der Waals surface area contributed by atoms with Crippen molar-refractivity contribution in [2.24, 2.45) is 5.92 Å². The van der Waals surface area contributed by atoms with Gasteiger partial charge in [-0.15, -0.1) is 0 Å². The standard InChI is InChI=1S/C14H20O4S/c1-11(2)8-12-4-3-5-13(9-12)10-14(15)6-7-19(16,17)18/h3-5,9,11H,6-8,10H2,1-2H3,(H,16,17,18). The first-order valence-electron chi connectivity index (χ1n) is 6.31. The highest BCUT2D eigenvalue weighted by atomic mass is 32.2. The molecule has 1 aromatic rings. The predicted molar refractivity (Wildman–Crippen MR) is 74.7 cm³/mol. The summed E-state index contributed by atoms with van der Waals surface area (Å²) in [6, 6.07) is 7.76. The average molecular weight is 284 g/mol. The van der Waals surface area contributed by atoms with E-state index < -0.39 is 15.9 Å². The van der Waals surface area contributed by atoms with Crippen LogP contribution in [0.25, 0.3) is 0 Å². The summed E-state index contributed by atoms with van der Waals surface area (Å²) in [7, 11) is -4.06. The first-order valence-corrected chi connectivity index (χ1v) is 7.92. The quantitative estimate of drug-likeness (QED) is 0.780. The Morgan fingerprint density at radius 1 is 1.26 bits per heavy atom. The Bertz CT molecular complexity index is 532. The molecule has 0 fully saturated rings. The molecule has 0 spiro atoms. The van der Waals surface area contributed by atoms with Crippen molar-refractivity contribution in [1.29, 1.82) is 0 Å². The number of ketones is 1. The molecule has 0 aliphatic carbocycles. The highest BCUT2D eigenvalue weighted by Gasteiger charge is 2.10. The maximum absolute atomic E-state index is 11.6. The Labute approximate surface area is 114 Å². The zero-order valence-electron chi connectivity index (χ0n) is 11.3. The van der Waals surface area contributed by atoms with Crippen LogP contribution in [-0.2, 0) is 27.8 Å². The largest absolute Gasteiger partial charge is 0.299 e. The summed E-state index contributed by atoms with van der Waals surface area (Å²) >= 11 is 0. The lowest BCUT2D eigenvalue weighted by molar-refractivity contribution is -0.118. The fourth-order valence-corrected chi connectivity index (χ4v) is 2.38. The van der Waals surface area contributed by atoms with Gasteiger partial charge in [-0.25, -0.2) is 0 Å². The van der Waals surface area contributed by atoms with Crippen molar-refractivity contribution in [2.45, 2.75) is 33.1 Å². The summed E-state index contributed by atoms with van der Waals surface area (Å²) in [6.07, 6.45) is 1.02. The number of carbonyl (C=O) groups is 1. The van der Waals surface area contributed by atoms with Gasteiger partial charge in [0.1, 0.15) is 5.78 Å². The first kappa shape index (κ1) is 15.9. The van der Waals surface area contributed by atoms with Gasteiger partial charge in [-0.05, 0) is 23.5 Å². The van der Waals surface area contributed by atoms with Crippen molar-refractivity contribution in [1.82, 2.24) is 0 Å². The van der Waals surface area contributed by atoms with E-state index in [1.807, 2.05) is 24.3 Å². The van der Waals surface area contributed by atoms with Gasteiger partial charge in [0.2, 0.25) is 0 Å². The minimum atomic E-state index is -4.06. The number of hydrogen-bond donors (Lipinski definition) is 1. The van der Waals surface area contributed by atoms with Gasteiger partial charge >= 0.3 is 0 Å². The molecule has 0 bridgehead atoms. The minimum absolute atomic E-state index is 0.146. The molecule has 1 aromatic carbocycles. The SMILES string of the molecule is CC(C)Cc1cccc(CC(=O)CCS(=O)(=O)O)c1. The van der Waals surface area contributed by atoms with E-state index in [1.54, 1.807) is 0 Å². The summed E-state index contributed by atoms with van der Waals surface area (Å²) < 4.78 is 29.7. The molecule has 0 saturated carbocycles. The highest BCUT2D eigenvalue weighted by Crippen LogP contribution is 2.12. The number of hydrogen-bond acceptors (Lipinski definition) is 3. The van der Waals surface area contributed by atoms with Gasteiger partial charge in [-0.1, -0.05) is 38.1 Å². The minimum Gasteiger partial charge on any atom is -0.299 e. The molecule has 0 aliphatic rings. The van der Waals surface area contributed by atoms with Crippen LogP contribution in [0, 0.1) is 5.92 Å². The second-order valence-corrected chi connectivity index (χ2v) is 6.74. The van der Waals surface area contributed by atoms with Crippen molar-refractivity contribution in [3.63, 3.8) is 0 Å². The van der Waals surface area contributed by atoms with E-state index in [9.17, 15) is 13.2 Å². The van der Waals surface area contributed by atoms with E-state index in [0.29, 0.717) is 5.92 Å². The lowest BCUT2D eigenvalue weighted by Gasteiger charge is -2.07. The van der Waals surface area contributed by atoms with Gasteiger partial charge in [-0.3, -0.25) is 9.35 Å². The molecular formula is C14H20O4S. The summed E-state index contributed by atoms with van der Waals surface area (Å²) in [5, 5.41) is 0. The zero-order chi connectivity index (χ0) is 14.5. The van der Waals surface area contributed by atoms with E-state index in [4.69, 9.17) is 4.55 Å². The Morgan fingerprint density at radius 3 is 2.47 bits per heavy atom. The molecule has 0 heterocycles. The molecule has 0 saturated heterocycles. The van der Waals surface area contributed by atoms with Crippen LogP contribution in [0.1, 0.15) is 31.4 Å². The van der Waals surface area contributed by atoms with Crippen LogP contribution in [0.15, 0.2) is 24.3 Å². The van der Waals surface area contributed by atoms with Crippen molar-refractivity contribution in [2.75, 3.05) is 5.75 Å². The van der Waals surface area contributed by atoms with Crippen molar-refractivity contribution >= 4 is 15.9 Å². The summed E-state index contributed by atoms with van der Waals surface area (Å²) in [5.41, 5.74) is 2.06. The van der Waals surface area contributed by atoms with Gasteiger partial charge in [0.05, 0.1) is 5.75 Å². The third-order valence-corrected chi connectivity index (χ3v) is 3.40. The van der Waals surface area contributed by atoms with E-state index in [-0.39, 0.29) is 18.6 Å². The van der Waals surface area contributed by atoms with Gasteiger partial charge in [0.25, 0.3) is 10.1 Å². The van der Waals surface area contributed by atoms with Gasteiger partial charge in [0.15, 0.2) is 0 Å². The van der Waals surface area contributed by atoms with Crippen molar-refractivity contribution in [3.8, 4) is 0 Å². The topological polar surface area (TPSA) is 71.4 Å². The highest BCUT2D eigenvalue weighted by molar-refractivity contribution is 7.85. The Balaban J connectivity index is 2.59. The van der Waals surface area contributed by atoms with Gasteiger partial charge < -0.3 is 0 Å². The molecule has 0 radical (unpaired) electrons. The Kier molecular flexibility index (Phi) is 5.69. The molecular weight excluding hydrogens is 264 g/mol. The van der Waals surface area contributed by atoms with Gasteiger partial charge in [0, 0.05) is 12.8 Å². The van der Waals surface area contributed by atoms with Crippen LogP contribution in [0.4, 0.5) is 0 Å². The molecule has 1 N–H and O–H groups in total. The lowest BCUT2D eigenvalue weighted by atomic mass is 9.99. The number of benzene rings is 1. The molecule has 0 amide bonds. The van der Waals surface area contributed by atoms with Crippen LogP contribution in [0.3, 0.4) is 0 Å². The van der Waals surface area contributed by atoms with Crippen molar-refractivity contribution in [3.05, 3.63) is 35.4 Å². The second kappa shape index (κ2) is 6.82. The maximum Gasteiger partial charge on any atom is 0.265 e. The molecule has 0 unspecified atom stereocenters. The monoisotopic (exact) mass is 284 g/mol. The molecule has 1 rings (SSSR count). The average Bonchev–Trinajstić information content (AvgIpc) is 2.25. The Morgan fingerprint density at radius 2 is 1.89 bits per heavy atom. The van der Waals surface area contributed by atoms with Crippen LogP contribution >= 0.6 is 0 Å². The van der Waals surface area contributed by atoms with Crippen LogP contribution in [0.2, 0.25) is 0 Å². The fourth-order valence-electron chi connectivity index (χ4n) is 1.90. The molecule has 106 valence electrons. The fraction of sp³-hybridized carbons (Fsp3) is 0.500. The van der Waals surface area contributed by atoms with Crippen LogP contribution < -0.4 is 0 Å². The lowest BCUT2D eigenvalue weighted by Crippen LogP contribution is -2.11. The molecule has 19 heavy (non-hydrogen) atoms. The normalized spacial score (nSPS) is 11.8. The third kappa shape index (κ3) is 7.08.